The average molecular weight is 433 g/mol. The van der Waals surface area contributed by atoms with E-state index in [1.54, 1.807) is 24.4 Å². The quantitative estimate of drug-likeness (QED) is 0.636. The molecule has 3 rings (SSSR count). The molecule has 1 aliphatic heterocycles. The van der Waals surface area contributed by atoms with E-state index in [-0.39, 0.29) is 13.0 Å². The van der Waals surface area contributed by atoms with Crippen LogP contribution in [-0.4, -0.2) is 71.5 Å². The van der Waals surface area contributed by atoms with Crippen LogP contribution in [0.25, 0.3) is 11.5 Å². The first-order valence-electron chi connectivity index (χ1n) is 9.53. The van der Waals surface area contributed by atoms with Gasteiger partial charge in [-0.25, -0.2) is 18.4 Å². The molecule has 0 spiro atoms. The first kappa shape index (κ1) is 21.7. The molecule has 0 bridgehead atoms. The molecule has 0 aliphatic carbocycles. The highest BCUT2D eigenvalue weighted by Gasteiger charge is 2.24. The van der Waals surface area contributed by atoms with Crippen LogP contribution in [0.3, 0.4) is 0 Å². The number of hydrogen-bond acceptors (Lipinski definition) is 8. The summed E-state index contributed by atoms with van der Waals surface area (Å²) in [5, 5.41) is 12.9. The third kappa shape index (κ3) is 5.51. The fraction of sp³-hybridized carbons (Fsp3) is 0.368. The Kier molecular flexibility index (Phi) is 6.95. The fourth-order valence-electron chi connectivity index (χ4n) is 3.08. The molecule has 30 heavy (non-hydrogen) atoms. The molecular weight excluding hydrogens is 408 g/mol. The molecule has 0 atom stereocenters. The average Bonchev–Trinajstić information content (AvgIpc) is 3.01. The van der Waals surface area contributed by atoms with E-state index in [0.717, 1.165) is 5.41 Å². The van der Waals surface area contributed by atoms with Crippen molar-refractivity contribution >= 4 is 27.6 Å². The number of pyridine rings is 1. The van der Waals surface area contributed by atoms with Gasteiger partial charge in [0.05, 0.1) is 6.42 Å². The molecule has 1 fully saturated rings. The molecule has 160 valence electrons. The van der Waals surface area contributed by atoms with Crippen molar-refractivity contribution in [2.75, 3.05) is 42.9 Å². The number of nitrogens with one attached hydrogen (secondary N) is 1. The Bertz CT molecular complexity index is 999. The van der Waals surface area contributed by atoms with E-state index in [0.29, 0.717) is 55.8 Å². The molecule has 0 aromatic carbocycles. The van der Waals surface area contributed by atoms with Gasteiger partial charge >= 0.3 is 5.97 Å². The monoisotopic (exact) mass is 432 g/mol. The second-order valence-corrected chi connectivity index (χ2v) is 8.55. The van der Waals surface area contributed by atoms with Crippen molar-refractivity contribution in [3.63, 3.8) is 0 Å². The summed E-state index contributed by atoms with van der Waals surface area (Å²) in [7, 11) is -3.47. The zero-order chi connectivity index (χ0) is 21.6. The van der Waals surface area contributed by atoms with Crippen molar-refractivity contribution in [1.29, 1.82) is 0 Å². The third-order valence-corrected chi connectivity index (χ3v) is 6.11. The van der Waals surface area contributed by atoms with Crippen molar-refractivity contribution < 1.29 is 18.3 Å². The molecule has 2 aromatic heterocycles. The zero-order valence-corrected chi connectivity index (χ0v) is 17.3. The van der Waals surface area contributed by atoms with Crippen molar-refractivity contribution in [1.82, 2.24) is 19.3 Å². The van der Waals surface area contributed by atoms with Crippen molar-refractivity contribution in [2.45, 2.75) is 12.8 Å². The number of anilines is 2. The van der Waals surface area contributed by atoms with Gasteiger partial charge in [0.25, 0.3) is 0 Å². The summed E-state index contributed by atoms with van der Waals surface area (Å²) in [4.78, 5) is 26.2. The molecule has 1 aliphatic rings. The van der Waals surface area contributed by atoms with Gasteiger partial charge < -0.3 is 15.3 Å². The molecule has 0 unspecified atom stereocenters. The van der Waals surface area contributed by atoms with Crippen LogP contribution < -0.4 is 10.2 Å². The zero-order valence-electron chi connectivity index (χ0n) is 16.4. The Labute approximate surface area is 175 Å². The van der Waals surface area contributed by atoms with Crippen LogP contribution in [0, 0.1) is 0 Å². The number of sulfonamides is 1. The summed E-state index contributed by atoms with van der Waals surface area (Å²) >= 11 is 0. The lowest BCUT2D eigenvalue weighted by Crippen LogP contribution is -2.34. The molecule has 3 heterocycles. The van der Waals surface area contributed by atoms with Gasteiger partial charge in [0, 0.05) is 50.4 Å². The molecule has 10 nitrogen and oxygen atoms in total. The topological polar surface area (TPSA) is 129 Å². The van der Waals surface area contributed by atoms with E-state index >= 15 is 0 Å². The van der Waals surface area contributed by atoms with Crippen molar-refractivity contribution in [2.24, 2.45) is 0 Å². The molecule has 0 radical (unpaired) electrons. The smallest absolute Gasteiger partial charge is 0.305 e. The lowest BCUT2D eigenvalue weighted by Gasteiger charge is -2.23. The molecule has 2 aromatic rings. The maximum atomic E-state index is 12.1. The second kappa shape index (κ2) is 9.63. The summed E-state index contributed by atoms with van der Waals surface area (Å²) in [6.07, 6.45) is 2.24. The predicted molar refractivity (Wildman–Crippen MR) is 114 cm³/mol. The summed E-state index contributed by atoms with van der Waals surface area (Å²) in [5.74, 6) is 0.617. The van der Waals surface area contributed by atoms with Crippen LogP contribution in [0.1, 0.15) is 12.8 Å². The van der Waals surface area contributed by atoms with E-state index in [9.17, 15) is 13.2 Å². The van der Waals surface area contributed by atoms with Crippen LogP contribution >= 0.6 is 0 Å². The van der Waals surface area contributed by atoms with Gasteiger partial charge in [0.2, 0.25) is 10.0 Å². The van der Waals surface area contributed by atoms with Crippen molar-refractivity contribution in [3.8, 4) is 11.5 Å². The maximum Gasteiger partial charge on any atom is 0.305 e. The first-order chi connectivity index (χ1) is 14.4. The van der Waals surface area contributed by atoms with E-state index in [4.69, 9.17) is 5.11 Å². The van der Waals surface area contributed by atoms with Gasteiger partial charge in [-0.1, -0.05) is 12.6 Å². The molecule has 0 saturated carbocycles. The Morgan fingerprint density at radius 2 is 2.07 bits per heavy atom. The number of aromatic nitrogens is 3. The molecule has 0 amide bonds. The molecular formula is C19H24N6O4S. The molecule has 11 heteroatoms. The van der Waals surface area contributed by atoms with Gasteiger partial charge in [0.1, 0.15) is 17.3 Å². The van der Waals surface area contributed by atoms with Gasteiger partial charge in [-0.05, 0) is 18.6 Å². The minimum atomic E-state index is -3.47. The number of aliphatic carboxylic acids is 1. The summed E-state index contributed by atoms with van der Waals surface area (Å²) < 4.78 is 25.6. The third-order valence-electron chi connectivity index (χ3n) is 4.60. The number of carboxylic acid groups (broad SMARTS) is 1. The number of carboxylic acids is 1. The van der Waals surface area contributed by atoms with Crippen LogP contribution in [0.5, 0.6) is 0 Å². The Balaban J connectivity index is 1.87. The van der Waals surface area contributed by atoms with Gasteiger partial charge in [0.15, 0.2) is 5.82 Å². The van der Waals surface area contributed by atoms with E-state index in [2.05, 4.69) is 26.8 Å². The maximum absolute atomic E-state index is 12.1. The Morgan fingerprint density at radius 3 is 2.77 bits per heavy atom. The summed E-state index contributed by atoms with van der Waals surface area (Å²) in [6.45, 7) is 5.42. The lowest BCUT2D eigenvalue weighted by molar-refractivity contribution is -0.136. The van der Waals surface area contributed by atoms with E-state index in [1.807, 2.05) is 11.0 Å². The normalized spacial score (nSPS) is 15.4. The number of nitrogens with zero attached hydrogens (tertiary/aromatic N) is 5. The number of hydrogen-bond donors (Lipinski definition) is 2. The SMILES string of the molecule is C=CS(=O)(=O)N1CCCN(c2cc(NCCC(=O)O)nc(-c3ccccn3)n2)CC1. The Morgan fingerprint density at radius 1 is 1.23 bits per heavy atom. The standard InChI is InChI=1S/C19H24N6O4S/c1-2-30(28,29)25-11-5-10-24(12-13-25)17-14-16(21-9-7-18(26)27)22-19(23-17)15-6-3-4-8-20-15/h2-4,6,8,14H,1,5,7,9-13H2,(H,26,27)(H,21,22,23). The van der Waals surface area contributed by atoms with Crippen LogP contribution in [0.4, 0.5) is 11.6 Å². The van der Waals surface area contributed by atoms with Crippen molar-refractivity contribution in [3.05, 3.63) is 42.4 Å². The number of carbonyl (C=O) groups is 1. The van der Waals surface area contributed by atoms with Crippen LogP contribution in [0.2, 0.25) is 0 Å². The summed E-state index contributed by atoms with van der Waals surface area (Å²) in [6, 6.07) is 7.16. The Hall–Kier alpha value is -3.05. The highest BCUT2D eigenvalue weighted by molar-refractivity contribution is 7.92. The highest BCUT2D eigenvalue weighted by atomic mass is 32.2. The van der Waals surface area contributed by atoms with Crippen LogP contribution in [-0.2, 0) is 14.8 Å². The predicted octanol–water partition coefficient (Wildman–Crippen LogP) is 1.41. The molecule has 2 N–H and O–H groups in total. The number of rotatable bonds is 8. The first-order valence-corrected chi connectivity index (χ1v) is 11.0. The van der Waals surface area contributed by atoms with Gasteiger partial charge in [-0.3, -0.25) is 9.78 Å². The van der Waals surface area contributed by atoms with Crippen LogP contribution in [0.15, 0.2) is 42.4 Å². The fourth-order valence-corrected chi connectivity index (χ4v) is 4.01. The second-order valence-electron chi connectivity index (χ2n) is 6.67. The van der Waals surface area contributed by atoms with Gasteiger partial charge in [-0.2, -0.15) is 4.31 Å². The lowest BCUT2D eigenvalue weighted by atomic mass is 10.3. The minimum absolute atomic E-state index is 0.0453. The largest absolute Gasteiger partial charge is 0.481 e. The minimum Gasteiger partial charge on any atom is -0.481 e. The van der Waals surface area contributed by atoms with E-state index in [1.165, 1.54) is 4.31 Å². The highest BCUT2D eigenvalue weighted by Crippen LogP contribution is 2.23. The van der Waals surface area contributed by atoms with Gasteiger partial charge in [-0.15, -0.1) is 0 Å². The molecule has 1 saturated heterocycles. The van der Waals surface area contributed by atoms with E-state index < -0.39 is 16.0 Å². The summed E-state index contributed by atoms with van der Waals surface area (Å²) in [5.41, 5.74) is 0.589.